The van der Waals surface area contributed by atoms with Crippen LogP contribution in [0.4, 0.5) is 11.4 Å². The molecule has 1 fully saturated rings. The van der Waals surface area contributed by atoms with Crippen molar-refractivity contribution in [3.05, 3.63) is 63.1 Å². The first kappa shape index (κ1) is 22.8. The van der Waals surface area contributed by atoms with Crippen molar-refractivity contribution in [2.24, 2.45) is 0 Å². The van der Waals surface area contributed by atoms with Gasteiger partial charge in [0.15, 0.2) is 17.3 Å². The van der Waals surface area contributed by atoms with Gasteiger partial charge < -0.3 is 19.3 Å². The molecule has 1 aromatic heterocycles. The lowest BCUT2D eigenvalue weighted by atomic mass is 10.2. The van der Waals surface area contributed by atoms with E-state index in [1.807, 2.05) is 4.90 Å². The summed E-state index contributed by atoms with van der Waals surface area (Å²) >= 11 is 0. The largest absolute Gasteiger partial charge is 0.493 e. The minimum absolute atomic E-state index is 0.0296. The van der Waals surface area contributed by atoms with Gasteiger partial charge in [-0.1, -0.05) is 5.16 Å². The van der Waals surface area contributed by atoms with Crippen molar-refractivity contribution < 1.29 is 23.7 Å². The molecule has 4 rings (SSSR count). The van der Waals surface area contributed by atoms with Gasteiger partial charge >= 0.3 is 5.76 Å². The molecular formula is C22H23N5O7. The van der Waals surface area contributed by atoms with Crippen LogP contribution in [0.25, 0.3) is 11.4 Å². The zero-order valence-electron chi connectivity index (χ0n) is 18.7. The number of nitro groups is 1. The van der Waals surface area contributed by atoms with E-state index in [4.69, 9.17) is 14.0 Å². The fraction of sp³-hybridized carbons (Fsp3) is 0.318. The van der Waals surface area contributed by atoms with E-state index in [9.17, 15) is 19.7 Å². The Bertz CT molecular complexity index is 1240. The summed E-state index contributed by atoms with van der Waals surface area (Å²) in [6, 6.07) is 11.3. The second kappa shape index (κ2) is 9.65. The van der Waals surface area contributed by atoms with Gasteiger partial charge in [0, 0.05) is 49.6 Å². The number of piperazine rings is 1. The number of anilines is 1. The number of aromatic nitrogens is 2. The molecule has 12 nitrogen and oxygen atoms in total. The molecule has 0 unspecified atom stereocenters. The molecule has 0 spiro atoms. The Hall–Kier alpha value is -4.35. The maximum atomic E-state index is 12.9. The van der Waals surface area contributed by atoms with E-state index in [-0.39, 0.29) is 24.0 Å². The summed E-state index contributed by atoms with van der Waals surface area (Å²) in [6.45, 7) is 1.79. The number of rotatable bonds is 7. The van der Waals surface area contributed by atoms with Gasteiger partial charge in [-0.05, 0) is 30.3 Å². The summed E-state index contributed by atoms with van der Waals surface area (Å²) in [4.78, 5) is 39.3. The van der Waals surface area contributed by atoms with Crippen molar-refractivity contribution in [1.29, 1.82) is 0 Å². The number of carbonyl (C=O) groups excluding carboxylic acids is 1. The molecule has 0 bridgehead atoms. The second-order valence-corrected chi connectivity index (χ2v) is 7.57. The molecule has 34 heavy (non-hydrogen) atoms. The number of non-ortho nitro benzene ring substituents is 1. The van der Waals surface area contributed by atoms with Crippen molar-refractivity contribution in [1.82, 2.24) is 14.6 Å². The highest BCUT2D eigenvalue weighted by atomic mass is 16.6. The van der Waals surface area contributed by atoms with E-state index in [0.717, 1.165) is 5.69 Å². The Morgan fingerprint density at radius 2 is 1.74 bits per heavy atom. The summed E-state index contributed by atoms with van der Waals surface area (Å²) in [5, 5.41) is 14.7. The highest BCUT2D eigenvalue weighted by Gasteiger charge is 2.24. The lowest BCUT2D eigenvalue weighted by Gasteiger charge is -2.36. The third-order valence-corrected chi connectivity index (χ3v) is 5.68. The first-order valence-electron chi connectivity index (χ1n) is 10.5. The number of hydrogen-bond donors (Lipinski definition) is 0. The first-order valence-corrected chi connectivity index (χ1v) is 10.5. The van der Waals surface area contributed by atoms with E-state index >= 15 is 0 Å². The second-order valence-electron chi connectivity index (χ2n) is 7.57. The lowest BCUT2D eigenvalue weighted by Crippen LogP contribution is -2.50. The molecule has 0 N–H and O–H groups in total. The highest BCUT2D eigenvalue weighted by molar-refractivity contribution is 5.77. The Morgan fingerprint density at radius 3 is 2.35 bits per heavy atom. The zero-order chi connectivity index (χ0) is 24.2. The molecule has 1 aliphatic rings. The molecule has 2 heterocycles. The number of nitro benzene ring substituents is 1. The topological polar surface area (TPSA) is 133 Å². The molecule has 0 atom stereocenters. The predicted molar refractivity (Wildman–Crippen MR) is 121 cm³/mol. The minimum Gasteiger partial charge on any atom is -0.493 e. The van der Waals surface area contributed by atoms with Crippen molar-refractivity contribution in [3.8, 4) is 22.9 Å². The molecule has 2 aromatic carbocycles. The van der Waals surface area contributed by atoms with Crippen molar-refractivity contribution in [2.75, 3.05) is 45.3 Å². The summed E-state index contributed by atoms with van der Waals surface area (Å²) in [7, 11) is 3.01. The number of methoxy groups -OCH3 is 2. The standard InChI is InChI=1S/C22H23N5O7/c1-32-18-8-3-15(13-19(18)33-2)21-23-34-22(29)26(21)14-20(28)25-11-9-24(10-12-25)16-4-6-17(7-5-16)27(30)31/h3-8,13H,9-12,14H2,1-2H3. The number of carbonyl (C=O) groups is 1. The fourth-order valence-corrected chi connectivity index (χ4v) is 3.83. The van der Waals surface area contributed by atoms with E-state index in [1.54, 1.807) is 35.2 Å². The molecular weight excluding hydrogens is 446 g/mol. The Labute approximate surface area is 194 Å². The van der Waals surface area contributed by atoms with E-state index in [1.165, 1.54) is 30.9 Å². The number of benzene rings is 2. The predicted octanol–water partition coefficient (Wildman–Crippen LogP) is 1.78. The van der Waals surface area contributed by atoms with Crippen molar-refractivity contribution >= 4 is 17.3 Å². The van der Waals surface area contributed by atoms with Crippen LogP contribution in [0.2, 0.25) is 0 Å². The van der Waals surface area contributed by atoms with Crippen LogP contribution in [0.3, 0.4) is 0 Å². The number of ether oxygens (including phenoxy) is 2. The number of nitrogens with zero attached hydrogens (tertiary/aromatic N) is 5. The monoisotopic (exact) mass is 469 g/mol. The van der Waals surface area contributed by atoms with Gasteiger partial charge in [-0.25, -0.2) is 9.36 Å². The highest BCUT2D eigenvalue weighted by Crippen LogP contribution is 2.31. The van der Waals surface area contributed by atoms with Crippen LogP contribution in [-0.2, 0) is 11.3 Å². The molecule has 0 aliphatic carbocycles. The van der Waals surface area contributed by atoms with Crippen LogP contribution in [0.15, 0.2) is 51.8 Å². The molecule has 1 saturated heterocycles. The zero-order valence-corrected chi connectivity index (χ0v) is 18.7. The molecule has 12 heteroatoms. The quantitative estimate of drug-likeness (QED) is 0.375. The van der Waals surface area contributed by atoms with Crippen LogP contribution in [0.5, 0.6) is 11.5 Å². The molecule has 1 aliphatic heterocycles. The third kappa shape index (κ3) is 4.56. The lowest BCUT2D eigenvalue weighted by molar-refractivity contribution is -0.384. The maximum Gasteiger partial charge on any atom is 0.442 e. The van der Waals surface area contributed by atoms with E-state index < -0.39 is 10.7 Å². The SMILES string of the molecule is COc1ccc(-c2noc(=O)n2CC(=O)N2CCN(c3ccc([N+](=O)[O-])cc3)CC2)cc1OC. The summed E-state index contributed by atoms with van der Waals surface area (Å²) < 4.78 is 16.5. The fourth-order valence-electron chi connectivity index (χ4n) is 3.83. The number of hydrogen-bond acceptors (Lipinski definition) is 9. The molecule has 0 saturated carbocycles. The molecule has 0 radical (unpaired) electrons. The van der Waals surface area contributed by atoms with Gasteiger partial charge in [-0.2, -0.15) is 0 Å². The van der Waals surface area contributed by atoms with Crippen molar-refractivity contribution in [3.63, 3.8) is 0 Å². The first-order chi connectivity index (χ1) is 16.4. The molecule has 1 amide bonds. The average Bonchev–Trinajstić information content (AvgIpc) is 3.23. The van der Waals surface area contributed by atoms with Crippen molar-refractivity contribution in [2.45, 2.75) is 6.54 Å². The minimum atomic E-state index is -0.734. The van der Waals surface area contributed by atoms with Crippen LogP contribution in [0.1, 0.15) is 0 Å². The number of amides is 1. The third-order valence-electron chi connectivity index (χ3n) is 5.68. The van der Waals surface area contributed by atoms with Gasteiger partial charge in [-0.3, -0.25) is 19.4 Å². The van der Waals surface area contributed by atoms with Crippen LogP contribution < -0.4 is 20.1 Å². The van der Waals surface area contributed by atoms with Gasteiger partial charge in [0.25, 0.3) is 5.69 Å². The van der Waals surface area contributed by atoms with Gasteiger partial charge in [0.1, 0.15) is 6.54 Å². The smallest absolute Gasteiger partial charge is 0.442 e. The molecule has 178 valence electrons. The maximum absolute atomic E-state index is 12.9. The Kier molecular flexibility index (Phi) is 6.48. The summed E-state index contributed by atoms with van der Waals surface area (Å²) in [5.74, 6) is 0.211. The van der Waals surface area contributed by atoms with Gasteiger partial charge in [0.05, 0.1) is 19.1 Å². The molecule has 3 aromatic rings. The van der Waals surface area contributed by atoms with Crippen LogP contribution in [0, 0.1) is 10.1 Å². The van der Waals surface area contributed by atoms with Crippen LogP contribution >= 0.6 is 0 Å². The van der Waals surface area contributed by atoms with Gasteiger partial charge in [0.2, 0.25) is 5.91 Å². The Morgan fingerprint density at radius 1 is 1.06 bits per heavy atom. The van der Waals surface area contributed by atoms with Gasteiger partial charge in [-0.15, -0.1) is 0 Å². The normalized spacial score (nSPS) is 13.6. The Balaban J connectivity index is 1.44. The van der Waals surface area contributed by atoms with E-state index in [0.29, 0.717) is 43.2 Å². The van der Waals surface area contributed by atoms with Crippen LogP contribution in [-0.4, -0.2) is 65.9 Å². The summed E-state index contributed by atoms with van der Waals surface area (Å²) in [5.41, 5.74) is 1.42. The summed E-state index contributed by atoms with van der Waals surface area (Å²) in [6.07, 6.45) is 0. The van der Waals surface area contributed by atoms with E-state index in [2.05, 4.69) is 5.16 Å². The average molecular weight is 469 g/mol.